The van der Waals surface area contributed by atoms with E-state index < -0.39 is 0 Å². The number of hydrogen-bond acceptors (Lipinski definition) is 2. The summed E-state index contributed by atoms with van der Waals surface area (Å²) < 4.78 is 7.11. The van der Waals surface area contributed by atoms with Gasteiger partial charge in [-0.25, -0.2) is 0 Å². The Kier molecular flexibility index (Phi) is 5.08. The van der Waals surface area contributed by atoms with Crippen LogP contribution in [0, 0.1) is 6.92 Å². The molecule has 2 unspecified atom stereocenters. The van der Waals surface area contributed by atoms with Crippen LogP contribution in [0.25, 0.3) is 0 Å². The van der Waals surface area contributed by atoms with E-state index in [9.17, 15) is 0 Å². The number of rotatable bonds is 4. The molecule has 2 aromatic carbocycles. The van der Waals surface area contributed by atoms with E-state index in [-0.39, 0.29) is 12.1 Å². The van der Waals surface area contributed by atoms with Crippen molar-refractivity contribution in [1.29, 1.82) is 0 Å². The van der Waals surface area contributed by atoms with Crippen LogP contribution in [0.4, 0.5) is 0 Å². The zero-order valence-corrected chi connectivity index (χ0v) is 13.8. The van der Waals surface area contributed by atoms with E-state index in [0.717, 1.165) is 21.3 Å². The summed E-state index contributed by atoms with van der Waals surface area (Å²) in [5, 5.41) is 0.705. The number of benzene rings is 2. The van der Waals surface area contributed by atoms with Crippen LogP contribution in [0.2, 0.25) is 5.02 Å². The Balaban J connectivity index is 2.25. The molecule has 0 fully saturated rings. The van der Waals surface area contributed by atoms with Gasteiger partial charge in [0.25, 0.3) is 0 Å². The highest BCUT2D eigenvalue weighted by Crippen LogP contribution is 2.28. The summed E-state index contributed by atoms with van der Waals surface area (Å²) in [5.41, 5.74) is 8.20. The Hall–Kier alpha value is -1.03. The van der Waals surface area contributed by atoms with Crippen molar-refractivity contribution in [2.24, 2.45) is 5.73 Å². The van der Waals surface area contributed by atoms with E-state index in [1.54, 1.807) is 0 Å². The van der Waals surface area contributed by atoms with E-state index in [0.29, 0.717) is 5.02 Å². The van der Waals surface area contributed by atoms with Gasteiger partial charge in [-0.15, -0.1) is 0 Å². The second-order valence-electron chi connectivity index (χ2n) is 4.86. The molecule has 0 aromatic heterocycles. The van der Waals surface area contributed by atoms with Gasteiger partial charge in [0.2, 0.25) is 0 Å². The first-order valence-corrected chi connectivity index (χ1v) is 7.58. The molecule has 0 aliphatic rings. The minimum Gasteiger partial charge on any atom is -0.484 e. The van der Waals surface area contributed by atoms with Crippen LogP contribution in [0.5, 0.6) is 5.75 Å². The average molecular weight is 355 g/mol. The lowest BCUT2D eigenvalue weighted by atomic mass is 10.0. The van der Waals surface area contributed by atoms with Crippen LogP contribution in [-0.4, -0.2) is 6.04 Å². The fourth-order valence-corrected chi connectivity index (χ4v) is 2.34. The second-order valence-corrected chi connectivity index (χ2v) is 6.15. The van der Waals surface area contributed by atoms with Gasteiger partial charge in [0.15, 0.2) is 0 Å². The quantitative estimate of drug-likeness (QED) is 0.849. The van der Waals surface area contributed by atoms with Crippen molar-refractivity contribution in [3.05, 3.63) is 63.1 Å². The van der Waals surface area contributed by atoms with Crippen LogP contribution in [0.15, 0.2) is 46.9 Å². The summed E-state index contributed by atoms with van der Waals surface area (Å²) in [7, 11) is 0. The van der Waals surface area contributed by atoms with Gasteiger partial charge < -0.3 is 10.5 Å². The average Bonchev–Trinajstić information content (AvgIpc) is 2.41. The van der Waals surface area contributed by atoms with Gasteiger partial charge in [0.1, 0.15) is 11.9 Å². The fraction of sp³-hybridized carbons (Fsp3) is 0.250. The van der Waals surface area contributed by atoms with E-state index >= 15 is 0 Å². The maximum atomic E-state index is 6.06. The monoisotopic (exact) mass is 353 g/mol. The molecule has 106 valence electrons. The summed E-state index contributed by atoms with van der Waals surface area (Å²) in [6, 6.07) is 13.4. The lowest BCUT2D eigenvalue weighted by Gasteiger charge is -2.23. The first kappa shape index (κ1) is 15.4. The second kappa shape index (κ2) is 6.61. The Morgan fingerprint density at radius 1 is 1.15 bits per heavy atom. The molecule has 0 spiro atoms. The fourth-order valence-electron chi connectivity index (χ4n) is 1.97. The van der Waals surface area contributed by atoms with Gasteiger partial charge >= 0.3 is 0 Å². The Labute approximate surface area is 133 Å². The zero-order valence-electron chi connectivity index (χ0n) is 11.4. The maximum absolute atomic E-state index is 6.06. The van der Waals surface area contributed by atoms with Crippen molar-refractivity contribution in [2.75, 3.05) is 0 Å². The van der Waals surface area contributed by atoms with Crippen molar-refractivity contribution in [3.8, 4) is 5.75 Å². The zero-order chi connectivity index (χ0) is 14.7. The molecule has 0 aliphatic heterocycles. The molecule has 4 heteroatoms. The molecule has 20 heavy (non-hydrogen) atoms. The highest BCUT2D eigenvalue weighted by molar-refractivity contribution is 9.10. The molecule has 0 saturated heterocycles. The molecule has 0 heterocycles. The van der Waals surface area contributed by atoms with Crippen molar-refractivity contribution >= 4 is 27.5 Å². The molecular weight excluding hydrogens is 338 g/mol. The van der Waals surface area contributed by atoms with Crippen LogP contribution in [0.1, 0.15) is 24.2 Å². The van der Waals surface area contributed by atoms with E-state index in [1.165, 1.54) is 0 Å². The van der Waals surface area contributed by atoms with E-state index in [2.05, 4.69) is 15.9 Å². The number of halogens is 2. The van der Waals surface area contributed by atoms with Gasteiger partial charge in [-0.1, -0.05) is 39.7 Å². The van der Waals surface area contributed by atoms with Crippen molar-refractivity contribution in [2.45, 2.75) is 26.0 Å². The van der Waals surface area contributed by atoms with Gasteiger partial charge in [-0.05, 0) is 55.3 Å². The Morgan fingerprint density at radius 2 is 1.80 bits per heavy atom. The van der Waals surface area contributed by atoms with Gasteiger partial charge in [-0.2, -0.15) is 0 Å². The largest absolute Gasteiger partial charge is 0.484 e. The molecule has 0 amide bonds. The number of ether oxygens (including phenoxy) is 1. The van der Waals surface area contributed by atoms with Crippen LogP contribution in [0.3, 0.4) is 0 Å². The minimum absolute atomic E-state index is 0.125. The maximum Gasteiger partial charge on any atom is 0.138 e. The predicted octanol–water partition coefficient (Wildman–Crippen LogP) is 4.88. The van der Waals surface area contributed by atoms with Gasteiger partial charge in [0, 0.05) is 15.5 Å². The number of nitrogens with two attached hydrogens (primary N) is 1. The third-order valence-corrected chi connectivity index (χ3v) is 4.21. The normalized spacial score (nSPS) is 13.8. The van der Waals surface area contributed by atoms with Crippen LogP contribution < -0.4 is 10.5 Å². The predicted molar refractivity (Wildman–Crippen MR) is 87.3 cm³/mol. The molecule has 0 saturated carbocycles. The molecule has 0 radical (unpaired) electrons. The Bertz CT molecular complexity index is 584. The molecular formula is C16H17BrClNO. The molecule has 2 rings (SSSR count). The van der Waals surface area contributed by atoms with Crippen molar-refractivity contribution < 1.29 is 4.74 Å². The van der Waals surface area contributed by atoms with Gasteiger partial charge in [-0.3, -0.25) is 0 Å². The number of hydrogen-bond donors (Lipinski definition) is 1. The highest BCUT2D eigenvalue weighted by atomic mass is 79.9. The molecule has 2 aromatic rings. The minimum atomic E-state index is -0.201. The third-order valence-electron chi connectivity index (χ3n) is 3.07. The van der Waals surface area contributed by atoms with Crippen molar-refractivity contribution in [1.82, 2.24) is 0 Å². The third kappa shape index (κ3) is 3.75. The Morgan fingerprint density at radius 3 is 2.35 bits per heavy atom. The molecule has 2 atom stereocenters. The summed E-state index contributed by atoms with van der Waals surface area (Å²) in [6.45, 7) is 3.96. The molecule has 2 nitrogen and oxygen atoms in total. The number of aryl methyl sites for hydroxylation is 1. The molecule has 2 N–H and O–H groups in total. The summed E-state index contributed by atoms with van der Waals surface area (Å²) >= 11 is 9.40. The molecule has 0 aliphatic carbocycles. The van der Waals surface area contributed by atoms with E-state index in [1.807, 2.05) is 56.3 Å². The lowest BCUT2D eigenvalue weighted by molar-refractivity contribution is 0.180. The van der Waals surface area contributed by atoms with Crippen molar-refractivity contribution in [3.63, 3.8) is 0 Å². The first-order chi connectivity index (χ1) is 9.47. The summed E-state index contributed by atoms with van der Waals surface area (Å²) in [5.74, 6) is 0.808. The standard InChI is InChI=1S/C16H17BrClNO/c1-10-9-14(7-8-15(10)17)20-16(11(2)19)12-3-5-13(18)6-4-12/h3-9,11,16H,19H2,1-2H3. The summed E-state index contributed by atoms with van der Waals surface area (Å²) in [4.78, 5) is 0. The smallest absolute Gasteiger partial charge is 0.138 e. The van der Waals surface area contributed by atoms with Crippen LogP contribution in [-0.2, 0) is 0 Å². The SMILES string of the molecule is Cc1cc(OC(c2ccc(Cl)cc2)C(C)N)ccc1Br. The first-order valence-electron chi connectivity index (χ1n) is 6.41. The lowest BCUT2D eigenvalue weighted by Crippen LogP contribution is -2.29. The molecule has 0 bridgehead atoms. The summed E-state index contributed by atoms with van der Waals surface area (Å²) in [6.07, 6.45) is -0.201. The highest BCUT2D eigenvalue weighted by Gasteiger charge is 2.18. The van der Waals surface area contributed by atoms with Crippen LogP contribution >= 0.6 is 27.5 Å². The van der Waals surface area contributed by atoms with E-state index in [4.69, 9.17) is 22.1 Å². The van der Waals surface area contributed by atoms with Gasteiger partial charge in [0.05, 0.1) is 0 Å². The topological polar surface area (TPSA) is 35.2 Å².